The third kappa shape index (κ3) is 8.17. The molecule has 0 aliphatic carbocycles. The lowest BCUT2D eigenvalue weighted by Gasteiger charge is -2.11. The lowest BCUT2D eigenvalue weighted by atomic mass is 10.3. The Hall–Kier alpha value is -0.970. The molecule has 18 heavy (non-hydrogen) atoms. The highest BCUT2D eigenvalue weighted by Crippen LogP contribution is 2.22. The van der Waals surface area contributed by atoms with E-state index < -0.39 is 36.5 Å². The Kier molecular flexibility index (Phi) is 8.54. The van der Waals surface area contributed by atoms with Gasteiger partial charge in [-0.1, -0.05) is 21.6 Å². The Bertz CT molecular complexity index is 315. The van der Waals surface area contributed by atoms with E-state index in [-0.39, 0.29) is 11.5 Å². The van der Waals surface area contributed by atoms with E-state index in [1.807, 2.05) is 0 Å². The zero-order valence-corrected chi connectivity index (χ0v) is 11.0. The number of nitrogens with one attached hydrogen (secondary N) is 1. The van der Waals surface area contributed by atoms with E-state index in [0.29, 0.717) is 0 Å². The maximum absolute atomic E-state index is 11.2. The second kappa shape index (κ2) is 9.03. The van der Waals surface area contributed by atoms with Crippen LogP contribution in [0.25, 0.3) is 0 Å². The minimum Gasteiger partial charge on any atom is -0.480 e. The molecule has 0 saturated heterocycles. The van der Waals surface area contributed by atoms with Gasteiger partial charge in [0.1, 0.15) is 12.6 Å². The first-order valence-corrected chi connectivity index (χ1v) is 7.31. The molecule has 0 fully saturated rings. The van der Waals surface area contributed by atoms with E-state index in [0.717, 1.165) is 0 Å². The van der Waals surface area contributed by atoms with Gasteiger partial charge in [0.2, 0.25) is 5.91 Å². The van der Waals surface area contributed by atoms with Crippen LogP contribution in [0, 0.1) is 0 Å². The molecule has 0 aromatic heterocycles. The maximum Gasteiger partial charge on any atom is 0.322 e. The summed E-state index contributed by atoms with van der Waals surface area (Å²) in [5.41, 5.74) is 10.8. The van der Waals surface area contributed by atoms with E-state index in [4.69, 9.17) is 21.7 Å². The van der Waals surface area contributed by atoms with Crippen LogP contribution in [0.3, 0.4) is 0 Å². The molecular formula is C8H15N3O5S2. The maximum atomic E-state index is 11.2. The standard InChI is InChI=1S/C8H15N3O5S2/c9-4(7(14)11-1-6(12)13)2-17-18-3-5(10)8(15)16/h4-5H,1-3,9-10H2,(H,11,14)(H,12,13)(H,15,16). The zero-order chi connectivity index (χ0) is 14.1. The number of carboxylic acids is 2. The molecule has 0 aromatic carbocycles. The van der Waals surface area contributed by atoms with Crippen LogP contribution >= 0.6 is 21.6 Å². The number of hydrogen-bond acceptors (Lipinski definition) is 7. The minimum absolute atomic E-state index is 0.198. The molecular weight excluding hydrogens is 282 g/mol. The summed E-state index contributed by atoms with van der Waals surface area (Å²) in [6.07, 6.45) is 0. The van der Waals surface area contributed by atoms with Gasteiger partial charge in [-0.2, -0.15) is 0 Å². The van der Waals surface area contributed by atoms with Gasteiger partial charge in [0, 0.05) is 11.5 Å². The molecule has 2 atom stereocenters. The Balaban J connectivity index is 3.69. The number of hydrogen-bond donors (Lipinski definition) is 5. The van der Waals surface area contributed by atoms with Crippen molar-refractivity contribution in [3.63, 3.8) is 0 Å². The predicted octanol–water partition coefficient (Wildman–Crippen LogP) is -1.69. The van der Waals surface area contributed by atoms with Crippen LogP contribution < -0.4 is 16.8 Å². The van der Waals surface area contributed by atoms with Crippen molar-refractivity contribution in [3.8, 4) is 0 Å². The molecule has 10 heteroatoms. The zero-order valence-electron chi connectivity index (χ0n) is 9.37. The topological polar surface area (TPSA) is 156 Å². The van der Waals surface area contributed by atoms with Crippen LogP contribution in [0.1, 0.15) is 0 Å². The smallest absolute Gasteiger partial charge is 0.322 e. The highest BCUT2D eigenvalue weighted by molar-refractivity contribution is 8.76. The highest BCUT2D eigenvalue weighted by atomic mass is 33.1. The van der Waals surface area contributed by atoms with Gasteiger partial charge in [-0.3, -0.25) is 14.4 Å². The minimum atomic E-state index is -1.15. The average Bonchev–Trinajstić information content (AvgIpc) is 2.30. The normalized spacial score (nSPS) is 13.7. The third-order valence-electron chi connectivity index (χ3n) is 1.65. The number of aliphatic carboxylic acids is 2. The van der Waals surface area contributed by atoms with E-state index >= 15 is 0 Å². The van der Waals surface area contributed by atoms with Gasteiger partial charge >= 0.3 is 11.9 Å². The van der Waals surface area contributed by atoms with Crippen LogP contribution in [0.2, 0.25) is 0 Å². The van der Waals surface area contributed by atoms with Crippen LogP contribution in [-0.4, -0.2) is 58.2 Å². The van der Waals surface area contributed by atoms with Gasteiger partial charge in [-0.25, -0.2) is 0 Å². The molecule has 0 rings (SSSR count). The second-order valence-corrected chi connectivity index (χ2v) is 5.78. The van der Waals surface area contributed by atoms with Crippen molar-refractivity contribution < 1.29 is 24.6 Å². The Morgan fingerprint density at radius 2 is 1.56 bits per heavy atom. The molecule has 0 aliphatic heterocycles. The quantitative estimate of drug-likeness (QED) is 0.247. The lowest BCUT2D eigenvalue weighted by molar-refractivity contribution is -0.138. The first-order chi connectivity index (χ1) is 8.34. The lowest BCUT2D eigenvalue weighted by Crippen LogP contribution is -2.43. The summed E-state index contributed by atoms with van der Waals surface area (Å²) in [6, 6.07) is -1.80. The SMILES string of the molecule is NC(CSSCC(N)C(=O)NCC(=O)O)C(=O)O. The monoisotopic (exact) mass is 297 g/mol. The number of carboxylic acid groups (broad SMARTS) is 2. The fourth-order valence-corrected chi connectivity index (χ4v) is 2.92. The highest BCUT2D eigenvalue weighted by Gasteiger charge is 2.15. The van der Waals surface area contributed by atoms with Crippen molar-refractivity contribution in [2.45, 2.75) is 12.1 Å². The van der Waals surface area contributed by atoms with Crippen LogP contribution in [0.4, 0.5) is 0 Å². The molecule has 104 valence electrons. The molecule has 0 saturated carbocycles. The van der Waals surface area contributed by atoms with Gasteiger partial charge in [-0.05, 0) is 0 Å². The molecule has 0 bridgehead atoms. The van der Waals surface area contributed by atoms with Crippen LogP contribution in [0.15, 0.2) is 0 Å². The molecule has 1 amide bonds. The van der Waals surface area contributed by atoms with Crippen molar-refractivity contribution >= 4 is 39.4 Å². The predicted molar refractivity (Wildman–Crippen MR) is 69.1 cm³/mol. The largest absolute Gasteiger partial charge is 0.480 e. The molecule has 0 spiro atoms. The van der Waals surface area contributed by atoms with Crippen molar-refractivity contribution in [1.29, 1.82) is 0 Å². The van der Waals surface area contributed by atoms with Crippen LogP contribution in [0.5, 0.6) is 0 Å². The Morgan fingerprint density at radius 1 is 1.06 bits per heavy atom. The Morgan fingerprint density at radius 3 is 2.00 bits per heavy atom. The van der Waals surface area contributed by atoms with Gasteiger partial charge in [-0.15, -0.1) is 0 Å². The Labute approximate surface area is 111 Å². The van der Waals surface area contributed by atoms with E-state index in [1.165, 1.54) is 21.6 Å². The van der Waals surface area contributed by atoms with Crippen molar-refractivity contribution in [1.82, 2.24) is 5.32 Å². The van der Waals surface area contributed by atoms with E-state index in [1.54, 1.807) is 0 Å². The molecule has 2 unspecified atom stereocenters. The summed E-state index contributed by atoms with van der Waals surface area (Å²) in [4.78, 5) is 31.8. The third-order valence-corrected chi connectivity index (χ3v) is 4.12. The van der Waals surface area contributed by atoms with E-state index in [2.05, 4.69) is 5.32 Å². The summed E-state index contributed by atoms with van der Waals surface area (Å²) in [6.45, 7) is -0.478. The average molecular weight is 297 g/mol. The van der Waals surface area contributed by atoms with Gasteiger partial charge < -0.3 is 27.0 Å². The van der Waals surface area contributed by atoms with Gasteiger partial charge in [0.25, 0.3) is 0 Å². The molecule has 0 aromatic rings. The number of nitrogens with two attached hydrogens (primary N) is 2. The fraction of sp³-hybridized carbons (Fsp3) is 0.625. The van der Waals surface area contributed by atoms with Crippen molar-refractivity contribution in [2.75, 3.05) is 18.1 Å². The van der Waals surface area contributed by atoms with Crippen LogP contribution in [-0.2, 0) is 14.4 Å². The number of rotatable bonds is 9. The number of amides is 1. The fourth-order valence-electron chi connectivity index (χ4n) is 0.684. The summed E-state index contributed by atoms with van der Waals surface area (Å²) in [5.74, 6) is -2.36. The first-order valence-electron chi connectivity index (χ1n) is 4.82. The van der Waals surface area contributed by atoms with Crippen molar-refractivity contribution in [3.05, 3.63) is 0 Å². The summed E-state index contributed by atoms with van der Waals surface area (Å²) >= 11 is 0. The summed E-state index contributed by atoms with van der Waals surface area (Å²) in [7, 11) is 2.40. The number of carbonyl (C=O) groups is 3. The van der Waals surface area contributed by atoms with Crippen molar-refractivity contribution in [2.24, 2.45) is 11.5 Å². The van der Waals surface area contributed by atoms with Gasteiger partial charge in [0.05, 0.1) is 6.04 Å². The van der Waals surface area contributed by atoms with Gasteiger partial charge in [0.15, 0.2) is 0 Å². The summed E-state index contributed by atoms with van der Waals surface area (Å²) in [5, 5.41) is 19.0. The molecule has 0 heterocycles. The summed E-state index contributed by atoms with van der Waals surface area (Å²) < 4.78 is 0. The molecule has 0 aliphatic rings. The molecule has 8 nitrogen and oxygen atoms in total. The second-order valence-electron chi connectivity index (χ2n) is 3.23. The first kappa shape index (κ1) is 17.0. The number of carbonyl (C=O) groups excluding carboxylic acids is 1. The van der Waals surface area contributed by atoms with E-state index in [9.17, 15) is 14.4 Å². The molecule has 0 radical (unpaired) electrons. The molecule has 7 N–H and O–H groups in total.